The number of aliphatic hydroxyl groups is 2. The Morgan fingerprint density at radius 1 is 1.05 bits per heavy atom. The number of halogens is 3. The molecule has 0 amide bonds. The number of benzene rings is 1. The van der Waals surface area contributed by atoms with E-state index in [0.29, 0.717) is 12.1 Å². The first-order valence-corrected chi connectivity index (χ1v) is 6.39. The van der Waals surface area contributed by atoms with Gasteiger partial charge >= 0.3 is 6.18 Å². The van der Waals surface area contributed by atoms with Gasteiger partial charge in [0.2, 0.25) is 10.0 Å². The van der Waals surface area contributed by atoms with E-state index in [1.807, 2.05) is 0 Å². The van der Waals surface area contributed by atoms with Crippen molar-refractivity contribution >= 4 is 10.0 Å². The van der Waals surface area contributed by atoms with Crippen LogP contribution in [0.2, 0.25) is 0 Å². The van der Waals surface area contributed by atoms with Crippen LogP contribution in [-0.4, -0.2) is 43.2 Å². The second-order valence-electron chi connectivity index (χ2n) is 3.98. The third kappa shape index (κ3) is 2.89. The van der Waals surface area contributed by atoms with Crippen molar-refractivity contribution in [3.8, 4) is 0 Å². The predicted molar refractivity (Wildman–Crippen MR) is 59.5 cm³/mol. The average molecular weight is 299 g/mol. The van der Waals surface area contributed by atoms with E-state index in [4.69, 9.17) is 10.2 Å². The summed E-state index contributed by atoms with van der Waals surface area (Å²) in [6, 6.07) is 3.14. The van der Waals surface area contributed by atoms with E-state index in [-0.39, 0.29) is 4.90 Å². The summed E-state index contributed by atoms with van der Waals surface area (Å²) in [7, 11) is -1.26. The van der Waals surface area contributed by atoms with Crippen LogP contribution in [0.1, 0.15) is 5.56 Å². The normalized spacial score (nSPS) is 13.9. The second kappa shape index (κ2) is 4.75. The van der Waals surface area contributed by atoms with Gasteiger partial charge in [-0.1, -0.05) is 12.1 Å². The van der Waals surface area contributed by atoms with Crippen molar-refractivity contribution in [1.82, 2.24) is 4.31 Å². The smallest absolute Gasteiger partial charge is 0.355 e. The first-order chi connectivity index (χ1) is 8.40. The molecule has 1 aromatic carbocycles. The number of sulfonamides is 1. The van der Waals surface area contributed by atoms with Crippen LogP contribution in [0.25, 0.3) is 0 Å². The zero-order valence-corrected chi connectivity index (χ0v) is 10.8. The fraction of sp³-hybridized carbons (Fsp3) is 0.400. The number of rotatable bonds is 3. The summed E-state index contributed by atoms with van der Waals surface area (Å²) in [5.41, 5.74) is -0.863. The first-order valence-electron chi connectivity index (χ1n) is 4.95. The van der Waals surface area contributed by atoms with Crippen LogP contribution in [0, 0.1) is 0 Å². The Kier molecular flexibility index (Phi) is 3.97. The topological polar surface area (TPSA) is 77.8 Å². The van der Waals surface area contributed by atoms with Crippen LogP contribution in [0.5, 0.6) is 0 Å². The second-order valence-corrected chi connectivity index (χ2v) is 6.13. The van der Waals surface area contributed by atoms with E-state index in [1.165, 1.54) is 14.1 Å². The number of hydrogen-bond acceptors (Lipinski definition) is 4. The highest BCUT2D eigenvalue weighted by Crippen LogP contribution is 2.36. The molecule has 0 aromatic heterocycles. The molecule has 1 rings (SSSR count). The lowest BCUT2D eigenvalue weighted by molar-refractivity contribution is -0.358. The highest BCUT2D eigenvalue weighted by Gasteiger charge is 2.54. The Hall–Kier alpha value is -1.16. The van der Waals surface area contributed by atoms with Crippen LogP contribution in [0.4, 0.5) is 13.2 Å². The Bertz CT molecular complexity index is 549. The zero-order chi connectivity index (χ0) is 15.1. The van der Waals surface area contributed by atoms with E-state index in [9.17, 15) is 21.6 Å². The summed E-state index contributed by atoms with van der Waals surface area (Å²) in [6.07, 6.45) is -5.28. The van der Waals surface area contributed by atoms with Crippen LogP contribution in [0.15, 0.2) is 29.2 Å². The third-order valence-electron chi connectivity index (χ3n) is 2.43. The SMILES string of the molecule is CN(C)S(=O)(=O)c1ccc(C(O)(O)C(F)(F)F)cc1. The maximum Gasteiger partial charge on any atom is 0.447 e. The van der Waals surface area contributed by atoms with E-state index < -0.39 is 27.6 Å². The van der Waals surface area contributed by atoms with Crippen molar-refractivity contribution in [3.05, 3.63) is 29.8 Å². The minimum atomic E-state index is -5.28. The van der Waals surface area contributed by atoms with Crippen molar-refractivity contribution < 1.29 is 31.8 Å². The lowest BCUT2D eigenvalue weighted by Gasteiger charge is -2.25. The molecule has 19 heavy (non-hydrogen) atoms. The van der Waals surface area contributed by atoms with E-state index in [1.54, 1.807) is 0 Å². The molecule has 0 heterocycles. The minimum absolute atomic E-state index is 0.251. The summed E-state index contributed by atoms with van der Waals surface area (Å²) in [4.78, 5) is -0.251. The predicted octanol–water partition coefficient (Wildman–Crippen LogP) is 0.637. The molecule has 0 bridgehead atoms. The molecule has 2 N–H and O–H groups in total. The zero-order valence-electron chi connectivity index (χ0n) is 10.0. The van der Waals surface area contributed by atoms with E-state index in [0.717, 1.165) is 16.4 Å². The lowest BCUT2D eigenvalue weighted by atomic mass is 10.1. The molecule has 0 radical (unpaired) electrons. The standard InChI is InChI=1S/C10H12F3NO4S/c1-14(2)19(17,18)8-5-3-7(4-6-8)9(15,16)10(11,12)13/h3-6,15-16H,1-2H3. The monoisotopic (exact) mass is 299 g/mol. The van der Waals surface area contributed by atoms with Gasteiger partial charge in [-0.15, -0.1) is 0 Å². The van der Waals surface area contributed by atoms with Crippen LogP contribution in [0.3, 0.4) is 0 Å². The number of alkyl halides is 3. The molecular weight excluding hydrogens is 287 g/mol. The van der Waals surface area contributed by atoms with E-state index >= 15 is 0 Å². The molecule has 0 saturated heterocycles. The van der Waals surface area contributed by atoms with Gasteiger partial charge in [0, 0.05) is 19.7 Å². The Labute approximate surface area is 107 Å². The fourth-order valence-electron chi connectivity index (χ4n) is 1.23. The van der Waals surface area contributed by atoms with Gasteiger partial charge in [0.05, 0.1) is 4.90 Å². The molecule has 9 heteroatoms. The highest BCUT2D eigenvalue weighted by molar-refractivity contribution is 7.89. The van der Waals surface area contributed by atoms with Gasteiger partial charge in [0.15, 0.2) is 0 Å². The largest absolute Gasteiger partial charge is 0.447 e. The molecule has 0 aliphatic carbocycles. The maximum atomic E-state index is 12.4. The first kappa shape index (κ1) is 15.9. The molecule has 108 valence electrons. The molecule has 0 unspecified atom stereocenters. The molecule has 0 saturated carbocycles. The van der Waals surface area contributed by atoms with Crippen LogP contribution < -0.4 is 0 Å². The van der Waals surface area contributed by atoms with E-state index in [2.05, 4.69) is 0 Å². The van der Waals surface area contributed by atoms with Gasteiger partial charge < -0.3 is 10.2 Å². The van der Waals surface area contributed by atoms with Crippen LogP contribution in [-0.2, 0) is 15.8 Å². The Morgan fingerprint density at radius 3 is 1.79 bits per heavy atom. The number of nitrogens with zero attached hydrogens (tertiary/aromatic N) is 1. The van der Waals surface area contributed by atoms with Gasteiger partial charge in [-0.25, -0.2) is 12.7 Å². The van der Waals surface area contributed by atoms with Crippen molar-refractivity contribution in [2.45, 2.75) is 16.9 Å². The van der Waals surface area contributed by atoms with Gasteiger partial charge in [0.1, 0.15) is 0 Å². The molecular formula is C10H12F3NO4S. The Morgan fingerprint density at radius 2 is 1.47 bits per heavy atom. The third-order valence-corrected chi connectivity index (χ3v) is 4.26. The number of hydrogen-bond donors (Lipinski definition) is 2. The molecule has 1 aromatic rings. The van der Waals surface area contributed by atoms with Crippen molar-refractivity contribution in [2.24, 2.45) is 0 Å². The van der Waals surface area contributed by atoms with Crippen molar-refractivity contribution in [3.63, 3.8) is 0 Å². The molecule has 0 aliphatic heterocycles. The van der Waals surface area contributed by atoms with Gasteiger partial charge in [-0.3, -0.25) is 0 Å². The quantitative estimate of drug-likeness (QED) is 0.803. The Balaban J connectivity index is 3.22. The average Bonchev–Trinajstić information content (AvgIpc) is 2.27. The minimum Gasteiger partial charge on any atom is -0.355 e. The highest BCUT2D eigenvalue weighted by atomic mass is 32.2. The summed E-state index contributed by atoms with van der Waals surface area (Å²) >= 11 is 0. The lowest BCUT2D eigenvalue weighted by Crippen LogP contribution is -2.42. The summed E-state index contributed by atoms with van der Waals surface area (Å²) in [6.45, 7) is 0. The molecule has 0 aliphatic rings. The summed E-state index contributed by atoms with van der Waals surface area (Å²) in [5, 5.41) is 18.0. The van der Waals surface area contributed by atoms with Gasteiger partial charge in [-0.2, -0.15) is 13.2 Å². The molecule has 5 nitrogen and oxygen atoms in total. The van der Waals surface area contributed by atoms with Gasteiger partial charge in [0.25, 0.3) is 5.79 Å². The van der Waals surface area contributed by atoms with Gasteiger partial charge in [-0.05, 0) is 12.1 Å². The molecule has 0 fully saturated rings. The molecule has 0 spiro atoms. The maximum absolute atomic E-state index is 12.4. The van der Waals surface area contributed by atoms with Crippen molar-refractivity contribution in [2.75, 3.05) is 14.1 Å². The fourth-order valence-corrected chi connectivity index (χ4v) is 2.14. The molecule has 0 atom stereocenters. The summed E-state index contributed by atoms with van der Waals surface area (Å²) in [5.74, 6) is -4.02. The van der Waals surface area contributed by atoms with Crippen LogP contribution >= 0.6 is 0 Å². The van der Waals surface area contributed by atoms with Crippen molar-refractivity contribution in [1.29, 1.82) is 0 Å². The summed E-state index contributed by atoms with van der Waals surface area (Å²) < 4.78 is 61.3.